The van der Waals surface area contributed by atoms with E-state index in [1.807, 2.05) is 24.3 Å². The van der Waals surface area contributed by atoms with Crippen LogP contribution in [0.25, 0.3) is 10.9 Å². The monoisotopic (exact) mass is 275 g/mol. The van der Waals surface area contributed by atoms with E-state index in [1.54, 1.807) is 11.9 Å². The second kappa shape index (κ2) is 6.18. The van der Waals surface area contributed by atoms with Gasteiger partial charge in [-0.25, -0.2) is 0 Å². The molecule has 1 amide bonds. The molecule has 6 heteroatoms. The minimum atomic E-state index is -0.268. The molecule has 0 bridgehead atoms. The summed E-state index contributed by atoms with van der Waals surface area (Å²) < 4.78 is 4.56. The number of amides is 1. The molecule has 0 aliphatic rings. The summed E-state index contributed by atoms with van der Waals surface area (Å²) in [7, 11) is 3.05. The lowest BCUT2D eigenvalue weighted by Crippen LogP contribution is -2.28. The van der Waals surface area contributed by atoms with Crippen molar-refractivity contribution in [3.05, 3.63) is 30.0 Å². The van der Waals surface area contributed by atoms with Crippen molar-refractivity contribution in [2.24, 2.45) is 0 Å². The minimum Gasteiger partial charge on any atom is -0.469 e. The van der Waals surface area contributed by atoms with Gasteiger partial charge in [0.2, 0.25) is 0 Å². The van der Waals surface area contributed by atoms with Gasteiger partial charge < -0.3 is 9.64 Å². The number of rotatable bonds is 5. The summed E-state index contributed by atoms with van der Waals surface area (Å²) in [6.45, 7) is 0.481. The molecular formula is C14H17N3O3. The molecule has 1 aromatic carbocycles. The summed E-state index contributed by atoms with van der Waals surface area (Å²) >= 11 is 0. The lowest BCUT2D eigenvalue weighted by atomic mass is 10.2. The van der Waals surface area contributed by atoms with Gasteiger partial charge in [0.15, 0.2) is 5.69 Å². The van der Waals surface area contributed by atoms with Crippen LogP contribution in [0.2, 0.25) is 0 Å². The van der Waals surface area contributed by atoms with E-state index >= 15 is 0 Å². The maximum absolute atomic E-state index is 12.3. The first kappa shape index (κ1) is 14.0. The second-order valence-corrected chi connectivity index (χ2v) is 4.52. The number of para-hydroxylation sites is 1. The van der Waals surface area contributed by atoms with E-state index in [1.165, 1.54) is 7.11 Å². The second-order valence-electron chi connectivity index (χ2n) is 4.52. The molecule has 6 nitrogen and oxygen atoms in total. The van der Waals surface area contributed by atoms with Gasteiger partial charge in [-0.1, -0.05) is 18.2 Å². The lowest BCUT2D eigenvalue weighted by Gasteiger charge is -2.15. The van der Waals surface area contributed by atoms with Gasteiger partial charge in [0, 0.05) is 25.4 Å². The van der Waals surface area contributed by atoms with E-state index in [2.05, 4.69) is 14.9 Å². The Morgan fingerprint density at radius 3 is 2.85 bits per heavy atom. The predicted octanol–water partition coefficient (Wildman–Crippen LogP) is 1.59. The Hall–Kier alpha value is -2.37. The zero-order chi connectivity index (χ0) is 14.5. The highest BCUT2D eigenvalue weighted by Crippen LogP contribution is 2.16. The van der Waals surface area contributed by atoms with E-state index in [-0.39, 0.29) is 11.9 Å². The fourth-order valence-electron chi connectivity index (χ4n) is 1.97. The van der Waals surface area contributed by atoms with Gasteiger partial charge in [-0.3, -0.25) is 14.7 Å². The summed E-state index contributed by atoms with van der Waals surface area (Å²) in [6, 6.07) is 7.48. The number of nitrogens with one attached hydrogen (secondary N) is 1. The molecule has 0 spiro atoms. The molecular weight excluding hydrogens is 258 g/mol. The zero-order valence-corrected chi connectivity index (χ0v) is 11.5. The number of H-pyrrole nitrogens is 1. The minimum absolute atomic E-state index is 0.160. The number of benzene rings is 1. The quantitative estimate of drug-likeness (QED) is 0.841. The van der Waals surface area contributed by atoms with Gasteiger partial charge in [-0.05, 0) is 12.5 Å². The highest BCUT2D eigenvalue weighted by molar-refractivity contribution is 6.04. The number of fused-ring (bicyclic) bond motifs is 1. The number of ether oxygens (including phenoxy) is 1. The van der Waals surface area contributed by atoms with Crippen LogP contribution in [0.15, 0.2) is 24.3 Å². The molecule has 0 unspecified atom stereocenters. The zero-order valence-electron chi connectivity index (χ0n) is 11.5. The molecule has 0 aliphatic heterocycles. The van der Waals surface area contributed by atoms with Crippen LogP contribution in [0, 0.1) is 0 Å². The van der Waals surface area contributed by atoms with E-state index < -0.39 is 0 Å². The molecule has 0 saturated heterocycles. The van der Waals surface area contributed by atoms with Gasteiger partial charge in [-0.2, -0.15) is 5.10 Å². The molecule has 0 atom stereocenters. The Morgan fingerprint density at radius 2 is 2.10 bits per heavy atom. The lowest BCUT2D eigenvalue weighted by molar-refractivity contribution is -0.140. The maximum Gasteiger partial charge on any atom is 0.305 e. The third kappa shape index (κ3) is 2.96. The van der Waals surface area contributed by atoms with Gasteiger partial charge >= 0.3 is 5.97 Å². The summed E-state index contributed by atoms with van der Waals surface area (Å²) in [6.07, 6.45) is 0.868. The molecule has 2 rings (SSSR count). The number of nitrogens with zero attached hydrogens (tertiary/aromatic N) is 2. The predicted molar refractivity (Wildman–Crippen MR) is 74.3 cm³/mol. The van der Waals surface area contributed by atoms with Crippen LogP contribution in [0.4, 0.5) is 0 Å². The fraction of sp³-hybridized carbons (Fsp3) is 0.357. The van der Waals surface area contributed by atoms with E-state index in [9.17, 15) is 9.59 Å². The summed E-state index contributed by atoms with van der Waals surface area (Å²) in [5.74, 6) is -0.427. The number of aromatic amines is 1. The molecule has 0 saturated carbocycles. The summed E-state index contributed by atoms with van der Waals surface area (Å²) in [5.41, 5.74) is 1.24. The third-order valence-electron chi connectivity index (χ3n) is 3.12. The smallest absolute Gasteiger partial charge is 0.305 e. The van der Waals surface area contributed by atoms with Gasteiger partial charge in [0.05, 0.1) is 12.6 Å². The van der Waals surface area contributed by atoms with Crippen molar-refractivity contribution in [2.75, 3.05) is 20.7 Å². The van der Waals surface area contributed by atoms with E-state index in [0.29, 0.717) is 25.1 Å². The third-order valence-corrected chi connectivity index (χ3v) is 3.12. The van der Waals surface area contributed by atoms with Crippen molar-refractivity contribution < 1.29 is 14.3 Å². The van der Waals surface area contributed by atoms with Crippen LogP contribution in [0.3, 0.4) is 0 Å². The van der Waals surface area contributed by atoms with Gasteiger partial charge in [0.25, 0.3) is 5.91 Å². The van der Waals surface area contributed by atoms with Gasteiger partial charge in [-0.15, -0.1) is 0 Å². The number of carbonyl (C=O) groups excluding carboxylic acids is 2. The Kier molecular flexibility index (Phi) is 4.34. The van der Waals surface area contributed by atoms with Crippen LogP contribution in [-0.2, 0) is 9.53 Å². The first-order valence-corrected chi connectivity index (χ1v) is 6.39. The number of hydrogen-bond acceptors (Lipinski definition) is 4. The Labute approximate surface area is 116 Å². The number of hydrogen-bond donors (Lipinski definition) is 1. The van der Waals surface area contributed by atoms with Crippen molar-refractivity contribution in [2.45, 2.75) is 12.8 Å². The first-order valence-electron chi connectivity index (χ1n) is 6.39. The highest BCUT2D eigenvalue weighted by atomic mass is 16.5. The SMILES string of the molecule is COC(=O)CCCN(C)C(=O)c1n[nH]c2ccccc12. The molecule has 0 radical (unpaired) electrons. The average molecular weight is 275 g/mol. The maximum atomic E-state index is 12.3. The topological polar surface area (TPSA) is 75.3 Å². The summed E-state index contributed by atoms with van der Waals surface area (Å²) in [5, 5.41) is 7.71. The van der Waals surface area contributed by atoms with Crippen LogP contribution >= 0.6 is 0 Å². The Bertz CT molecular complexity index is 621. The van der Waals surface area contributed by atoms with Crippen LogP contribution in [-0.4, -0.2) is 47.7 Å². The number of aromatic nitrogens is 2. The largest absolute Gasteiger partial charge is 0.469 e. The molecule has 1 heterocycles. The van der Waals surface area contributed by atoms with Gasteiger partial charge in [0.1, 0.15) is 0 Å². The van der Waals surface area contributed by atoms with Crippen molar-refractivity contribution in [1.82, 2.24) is 15.1 Å². The number of esters is 1. The van der Waals surface area contributed by atoms with Crippen LogP contribution < -0.4 is 0 Å². The first-order chi connectivity index (χ1) is 9.63. The van der Waals surface area contributed by atoms with Crippen LogP contribution in [0.5, 0.6) is 0 Å². The summed E-state index contributed by atoms with van der Waals surface area (Å²) in [4.78, 5) is 24.9. The Balaban J connectivity index is 2.01. The standard InChI is InChI=1S/C14H17N3O3/c1-17(9-5-8-12(18)20-2)14(19)13-10-6-3-4-7-11(10)15-16-13/h3-4,6-7H,5,8-9H2,1-2H3,(H,15,16). The molecule has 20 heavy (non-hydrogen) atoms. The van der Waals surface area contributed by atoms with E-state index in [4.69, 9.17) is 0 Å². The van der Waals surface area contributed by atoms with Crippen molar-refractivity contribution in [1.29, 1.82) is 0 Å². The molecule has 1 aromatic heterocycles. The molecule has 2 aromatic rings. The fourth-order valence-corrected chi connectivity index (χ4v) is 1.97. The normalized spacial score (nSPS) is 10.5. The van der Waals surface area contributed by atoms with E-state index in [0.717, 1.165) is 10.9 Å². The van der Waals surface area contributed by atoms with Crippen LogP contribution in [0.1, 0.15) is 23.3 Å². The van der Waals surface area contributed by atoms with Crippen molar-refractivity contribution in [3.8, 4) is 0 Å². The molecule has 106 valence electrons. The van der Waals surface area contributed by atoms with Crippen molar-refractivity contribution >= 4 is 22.8 Å². The molecule has 1 N–H and O–H groups in total. The van der Waals surface area contributed by atoms with Crippen molar-refractivity contribution in [3.63, 3.8) is 0 Å². The number of methoxy groups -OCH3 is 1. The Morgan fingerprint density at radius 1 is 1.35 bits per heavy atom. The number of carbonyl (C=O) groups is 2. The molecule has 0 aliphatic carbocycles. The average Bonchev–Trinajstić information content (AvgIpc) is 2.90. The molecule has 0 fully saturated rings. The highest BCUT2D eigenvalue weighted by Gasteiger charge is 2.17.